The number of rotatable bonds is 5. The monoisotopic (exact) mass is 411 g/mol. The topological polar surface area (TPSA) is 101 Å². The molecule has 166 valence electrons. The lowest BCUT2D eigenvalue weighted by Crippen LogP contribution is -2.55. The van der Waals surface area contributed by atoms with Crippen LogP contribution in [0.1, 0.15) is 59.8 Å². The zero-order valence-electron chi connectivity index (χ0n) is 18.6. The van der Waals surface area contributed by atoms with Gasteiger partial charge in [0.15, 0.2) is 0 Å². The van der Waals surface area contributed by atoms with Crippen LogP contribution in [-0.4, -0.2) is 88.2 Å². The van der Waals surface area contributed by atoms with E-state index in [0.717, 1.165) is 25.7 Å². The van der Waals surface area contributed by atoms with E-state index in [2.05, 4.69) is 13.8 Å². The molecule has 2 N–H and O–H groups in total. The lowest BCUT2D eigenvalue weighted by molar-refractivity contribution is -0.149. The number of amides is 3. The maximum absolute atomic E-state index is 13.4. The molecule has 2 aliphatic rings. The summed E-state index contributed by atoms with van der Waals surface area (Å²) in [6, 6.07) is -1.69. The second kappa shape index (κ2) is 8.50. The van der Waals surface area contributed by atoms with Crippen LogP contribution in [0, 0.1) is 10.8 Å². The van der Waals surface area contributed by atoms with Gasteiger partial charge >= 0.3 is 12.0 Å². The third kappa shape index (κ3) is 5.02. The molecule has 1 heterocycles. The van der Waals surface area contributed by atoms with Crippen LogP contribution < -0.4 is 0 Å². The molecule has 8 nitrogen and oxygen atoms in total. The van der Waals surface area contributed by atoms with E-state index in [1.54, 1.807) is 27.9 Å². The average Bonchev–Trinajstić information content (AvgIpc) is 3.07. The SMILES string of the molecule is CN(C)C(=O)N1CC(N(C(=O)C(C)(C)CO)C2CCC(C)(C)CC2)C[C@H]1C(=O)O. The van der Waals surface area contributed by atoms with Crippen molar-refractivity contribution in [2.24, 2.45) is 10.8 Å². The fourth-order valence-electron chi connectivity index (χ4n) is 4.43. The summed E-state index contributed by atoms with van der Waals surface area (Å²) in [4.78, 5) is 42.4. The molecule has 0 radical (unpaired) electrons. The van der Waals surface area contributed by atoms with Crippen LogP contribution in [0.4, 0.5) is 4.79 Å². The Labute approximate surface area is 173 Å². The van der Waals surface area contributed by atoms with Crippen LogP contribution >= 0.6 is 0 Å². The largest absolute Gasteiger partial charge is 0.480 e. The molecular weight excluding hydrogens is 374 g/mol. The van der Waals surface area contributed by atoms with Gasteiger partial charge in [0.2, 0.25) is 5.91 Å². The molecule has 0 aromatic heterocycles. The molecule has 29 heavy (non-hydrogen) atoms. The van der Waals surface area contributed by atoms with Crippen molar-refractivity contribution in [1.82, 2.24) is 14.7 Å². The van der Waals surface area contributed by atoms with E-state index in [4.69, 9.17) is 0 Å². The lowest BCUT2D eigenvalue weighted by atomic mass is 9.74. The minimum absolute atomic E-state index is 0.00444. The number of carboxylic acids is 1. The third-order valence-electron chi connectivity index (χ3n) is 6.50. The Morgan fingerprint density at radius 1 is 1.10 bits per heavy atom. The number of hydrogen-bond donors (Lipinski definition) is 2. The first-order valence-electron chi connectivity index (χ1n) is 10.4. The fraction of sp³-hybridized carbons (Fsp3) is 0.857. The Morgan fingerprint density at radius 3 is 2.10 bits per heavy atom. The van der Waals surface area contributed by atoms with Gasteiger partial charge in [-0.05, 0) is 44.9 Å². The Kier molecular flexibility index (Phi) is 6.87. The van der Waals surface area contributed by atoms with Gasteiger partial charge < -0.3 is 24.9 Å². The number of aliphatic hydroxyl groups excluding tert-OH is 1. The molecule has 2 atom stereocenters. The molecule has 0 bridgehead atoms. The van der Waals surface area contributed by atoms with Gasteiger partial charge in [-0.15, -0.1) is 0 Å². The zero-order valence-corrected chi connectivity index (χ0v) is 18.6. The molecule has 1 saturated carbocycles. The van der Waals surface area contributed by atoms with Gasteiger partial charge in [0.05, 0.1) is 18.1 Å². The molecule has 8 heteroatoms. The molecule has 2 fully saturated rings. The van der Waals surface area contributed by atoms with Gasteiger partial charge in [-0.25, -0.2) is 9.59 Å². The van der Waals surface area contributed by atoms with Crippen LogP contribution in [0.2, 0.25) is 0 Å². The van der Waals surface area contributed by atoms with Crippen molar-refractivity contribution in [3.05, 3.63) is 0 Å². The number of urea groups is 1. The fourth-order valence-corrected chi connectivity index (χ4v) is 4.43. The van der Waals surface area contributed by atoms with E-state index in [0.29, 0.717) is 0 Å². The average molecular weight is 412 g/mol. The summed E-state index contributed by atoms with van der Waals surface area (Å²) in [5.74, 6) is -1.22. The molecule has 1 saturated heterocycles. The molecule has 2 rings (SSSR count). The summed E-state index contributed by atoms with van der Waals surface area (Å²) < 4.78 is 0. The molecule has 0 aromatic rings. The number of carbonyl (C=O) groups is 3. The molecular formula is C21H37N3O5. The molecule has 1 aliphatic carbocycles. The molecule has 1 aliphatic heterocycles. The van der Waals surface area contributed by atoms with Gasteiger partial charge in [0.25, 0.3) is 0 Å². The minimum atomic E-state index is -1.05. The van der Waals surface area contributed by atoms with E-state index in [-0.39, 0.29) is 49.0 Å². The first kappa shape index (κ1) is 23.4. The highest BCUT2D eigenvalue weighted by Crippen LogP contribution is 2.40. The van der Waals surface area contributed by atoms with Crippen LogP contribution in [0.3, 0.4) is 0 Å². The van der Waals surface area contributed by atoms with E-state index in [1.807, 2.05) is 4.90 Å². The normalized spacial score (nSPS) is 25.0. The standard InChI is InChI=1S/C21H37N3O5/c1-20(2)9-7-14(8-10-20)24(18(28)21(3,4)13-25)15-11-16(17(26)27)23(12-15)19(29)22(5)6/h14-16,25H,7-13H2,1-6H3,(H,26,27)/t15?,16-/m0/s1. The van der Waals surface area contributed by atoms with E-state index >= 15 is 0 Å². The molecule has 1 unspecified atom stereocenters. The Bertz CT molecular complexity index is 636. The molecule has 0 aromatic carbocycles. The van der Waals surface area contributed by atoms with E-state index in [1.165, 1.54) is 9.80 Å². The molecule has 3 amide bonds. The number of carboxylic acid groups (broad SMARTS) is 1. The maximum atomic E-state index is 13.4. The zero-order chi connectivity index (χ0) is 22.1. The van der Waals surface area contributed by atoms with Crippen molar-refractivity contribution in [3.8, 4) is 0 Å². The summed E-state index contributed by atoms with van der Waals surface area (Å²) >= 11 is 0. The van der Waals surface area contributed by atoms with E-state index in [9.17, 15) is 24.6 Å². The number of aliphatic hydroxyl groups is 1. The maximum Gasteiger partial charge on any atom is 0.326 e. The second-order valence-electron chi connectivity index (χ2n) is 10.2. The summed E-state index contributed by atoms with van der Waals surface area (Å²) in [7, 11) is 3.19. The van der Waals surface area contributed by atoms with Crippen molar-refractivity contribution in [3.63, 3.8) is 0 Å². The smallest absolute Gasteiger partial charge is 0.326 e. The summed E-state index contributed by atoms with van der Waals surface area (Å²) in [6.07, 6.45) is 3.86. The Morgan fingerprint density at radius 2 is 1.66 bits per heavy atom. The number of likely N-dealkylation sites (tertiary alicyclic amines) is 1. The third-order valence-corrected chi connectivity index (χ3v) is 6.50. The summed E-state index contributed by atoms with van der Waals surface area (Å²) in [5.41, 5.74) is -0.728. The van der Waals surface area contributed by atoms with Crippen molar-refractivity contribution in [2.45, 2.75) is 77.9 Å². The highest BCUT2D eigenvalue weighted by Gasteiger charge is 2.48. The minimum Gasteiger partial charge on any atom is -0.480 e. The van der Waals surface area contributed by atoms with Crippen molar-refractivity contribution >= 4 is 17.9 Å². The first-order chi connectivity index (χ1) is 13.3. The Hall–Kier alpha value is -1.83. The predicted octanol–water partition coefficient (Wildman–Crippen LogP) is 2.01. The van der Waals surface area contributed by atoms with Gasteiger partial charge in [-0.3, -0.25) is 4.79 Å². The number of nitrogens with zero attached hydrogens (tertiary/aromatic N) is 3. The van der Waals surface area contributed by atoms with Gasteiger partial charge in [0.1, 0.15) is 6.04 Å². The van der Waals surface area contributed by atoms with Crippen LogP contribution in [0.15, 0.2) is 0 Å². The van der Waals surface area contributed by atoms with Gasteiger partial charge in [-0.2, -0.15) is 0 Å². The quantitative estimate of drug-likeness (QED) is 0.721. The van der Waals surface area contributed by atoms with Crippen LogP contribution in [0.5, 0.6) is 0 Å². The lowest BCUT2D eigenvalue weighted by Gasteiger charge is -2.45. The first-order valence-corrected chi connectivity index (χ1v) is 10.4. The van der Waals surface area contributed by atoms with Crippen molar-refractivity contribution in [2.75, 3.05) is 27.2 Å². The van der Waals surface area contributed by atoms with Crippen molar-refractivity contribution < 1.29 is 24.6 Å². The van der Waals surface area contributed by atoms with Crippen LogP contribution in [0.25, 0.3) is 0 Å². The van der Waals surface area contributed by atoms with Crippen LogP contribution in [-0.2, 0) is 9.59 Å². The van der Waals surface area contributed by atoms with E-state index < -0.39 is 17.4 Å². The number of aliphatic carboxylic acids is 1. The number of carbonyl (C=O) groups excluding carboxylic acids is 2. The Balaban J connectivity index is 2.34. The van der Waals surface area contributed by atoms with Gasteiger partial charge in [0, 0.05) is 33.1 Å². The summed E-state index contributed by atoms with van der Waals surface area (Å²) in [5, 5.41) is 19.5. The number of hydrogen-bond acceptors (Lipinski definition) is 4. The predicted molar refractivity (Wildman–Crippen MR) is 109 cm³/mol. The van der Waals surface area contributed by atoms with Crippen molar-refractivity contribution in [1.29, 1.82) is 0 Å². The highest BCUT2D eigenvalue weighted by atomic mass is 16.4. The molecule has 0 spiro atoms. The highest BCUT2D eigenvalue weighted by molar-refractivity contribution is 5.85. The van der Waals surface area contributed by atoms with Gasteiger partial charge in [-0.1, -0.05) is 13.8 Å². The summed E-state index contributed by atoms with van der Waals surface area (Å²) in [6.45, 7) is 7.78. The second-order valence-corrected chi connectivity index (χ2v) is 10.2.